The number of hydrogen-bond donors (Lipinski definition) is 7. The third-order valence-electron chi connectivity index (χ3n) is 3.61. The van der Waals surface area contributed by atoms with Crippen LogP contribution in [0.25, 0.3) is 11.0 Å². The van der Waals surface area contributed by atoms with Crippen LogP contribution in [0.4, 0.5) is 5.95 Å². The smallest absolute Gasteiger partial charge is 0.276 e. The molecule has 1 fully saturated rings. The van der Waals surface area contributed by atoms with Crippen molar-refractivity contribution in [1.29, 1.82) is 0 Å². The third kappa shape index (κ3) is 1.79. The van der Waals surface area contributed by atoms with Crippen molar-refractivity contribution in [2.45, 2.75) is 24.3 Å². The molecule has 0 aliphatic carbocycles. The van der Waals surface area contributed by atoms with E-state index in [1.165, 1.54) is 6.20 Å². The summed E-state index contributed by atoms with van der Waals surface area (Å²) in [5.41, 5.74) is 6.18. The van der Waals surface area contributed by atoms with Gasteiger partial charge in [-0.2, -0.15) is 0 Å². The number of nitrogens with one attached hydrogen (secondary N) is 3. The van der Waals surface area contributed by atoms with Crippen molar-refractivity contribution in [3.63, 3.8) is 0 Å². The summed E-state index contributed by atoms with van der Waals surface area (Å²) in [5, 5.41) is 31.9. The van der Waals surface area contributed by atoms with Crippen LogP contribution in [0.5, 0.6) is 0 Å². The quantitative estimate of drug-likeness (QED) is 0.322. The van der Waals surface area contributed by atoms with Crippen LogP contribution in [0.3, 0.4) is 0 Å². The first-order valence-corrected chi connectivity index (χ1v) is 6.12. The maximum Gasteiger partial charge on any atom is 0.276 e. The highest BCUT2D eigenvalue weighted by Gasteiger charge is 2.42. The summed E-state index contributed by atoms with van der Waals surface area (Å²) in [5.74, 6) is -0.0323. The van der Waals surface area contributed by atoms with Gasteiger partial charge in [0.1, 0.15) is 17.1 Å². The molecule has 4 atom stereocenters. The number of nitrogen functional groups attached to an aromatic ring is 1. The number of anilines is 1. The van der Waals surface area contributed by atoms with E-state index in [-0.39, 0.29) is 18.1 Å². The van der Waals surface area contributed by atoms with E-state index in [1.807, 2.05) is 0 Å². The van der Waals surface area contributed by atoms with Crippen molar-refractivity contribution in [2.24, 2.45) is 0 Å². The molecule has 9 heteroatoms. The van der Waals surface area contributed by atoms with Crippen molar-refractivity contribution in [3.8, 4) is 0 Å². The summed E-state index contributed by atoms with van der Waals surface area (Å²) in [4.78, 5) is 20.9. The molecule has 0 saturated carbocycles. The Kier molecular flexibility index (Phi) is 2.98. The number of nitrogens with zero attached hydrogens (tertiary/aromatic N) is 1. The van der Waals surface area contributed by atoms with Crippen LogP contribution in [0.1, 0.15) is 11.6 Å². The van der Waals surface area contributed by atoms with Crippen LogP contribution in [0.15, 0.2) is 11.0 Å². The molecule has 1 saturated heterocycles. The van der Waals surface area contributed by atoms with Gasteiger partial charge in [0.05, 0.1) is 24.8 Å². The summed E-state index contributed by atoms with van der Waals surface area (Å²) in [6.07, 6.45) is -0.692. The van der Waals surface area contributed by atoms with Crippen molar-refractivity contribution in [2.75, 3.05) is 12.3 Å². The second-order valence-corrected chi connectivity index (χ2v) is 4.83. The number of rotatable bonds is 2. The van der Waals surface area contributed by atoms with Crippen LogP contribution in [0.2, 0.25) is 0 Å². The van der Waals surface area contributed by atoms with E-state index in [9.17, 15) is 15.0 Å². The van der Waals surface area contributed by atoms with Crippen LogP contribution in [-0.4, -0.2) is 55.1 Å². The van der Waals surface area contributed by atoms with Crippen molar-refractivity contribution >= 4 is 17.0 Å². The Morgan fingerprint density at radius 2 is 2.10 bits per heavy atom. The highest BCUT2D eigenvalue weighted by molar-refractivity contribution is 5.79. The van der Waals surface area contributed by atoms with Crippen LogP contribution >= 0.6 is 0 Å². The van der Waals surface area contributed by atoms with Gasteiger partial charge in [0.15, 0.2) is 0 Å². The number of nitrogens with two attached hydrogens (primary N) is 1. The number of aliphatic hydroxyl groups excluding tert-OH is 3. The predicted octanol–water partition coefficient (Wildman–Crippen LogP) is -2.44. The van der Waals surface area contributed by atoms with Gasteiger partial charge in [-0.05, 0) is 0 Å². The zero-order chi connectivity index (χ0) is 14.4. The first-order chi connectivity index (χ1) is 9.52. The Labute approximate surface area is 112 Å². The number of aromatic nitrogens is 3. The predicted molar refractivity (Wildman–Crippen MR) is 69.9 cm³/mol. The van der Waals surface area contributed by atoms with E-state index in [4.69, 9.17) is 10.8 Å². The molecule has 2 aromatic heterocycles. The van der Waals surface area contributed by atoms with Gasteiger partial charge in [0.25, 0.3) is 5.56 Å². The summed E-state index contributed by atoms with van der Waals surface area (Å²) in [6.45, 7) is -0.312. The molecule has 0 radical (unpaired) electrons. The lowest BCUT2D eigenvalue weighted by atomic mass is 10.0. The summed E-state index contributed by atoms with van der Waals surface area (Å²) < 4.78 is 0. The van der Waals surface area contributed by atoms with Gasteiger partial charge in [0.2, 0.25) is 5.95 Å². The van der Waals surface area contributed by atoms with Crippen LogP contribution < -0.4 is 16.6 Å². The lowest BCUT2D eigenvalue weighted by Gasteiger charge is -2.14. The first-order valence-electron chi connectivity index (χ1n) is 6.12. The normalized spacial score (nSPS) is 30.1. The minimum atomic E-state index is -1.12. The number of hydrogen-bond acceptors (Lipinski definition) is 7. The molecule has 8 N–H and O–H groups in total. The zero-order valence-electron chi connectivity index (χ0n) is 10.4. The summed E-state index contributed by atoms with van der Waals surface area (Å²) in [6, 6.07) is -1.29. The van der Waals surface area contributed by atoms with Gasteiger partial charge in [0, 0.05) is 11.8 Å². The van der Waals surface area contributed by atoms with Gasteiger partial charge in [-0.25, -0.2) is 4.98 Å². The number of H-pyrrole nitrogens is 2. The number of fused-ring (bicyclic) bond motifs is 1. The fourth-order valence-corrected chi connectivity index (χ4v) is 2.59. The minimum Gasteiger partial charge on any atom is -0.395 e. The Bertz CT molecular complexity index is 696. The highest BCUT2D eigenvalue weighted by atomic mass is 16.3. The van der Waals surface area contributed by atoms with Crippen molar-refractivity contribution in [1.82, 2.24) is 20.3 Å². The van der Waals surface area contributed by atoms with E-state index in [1.54, 1.807) is 0 Å². The topological polar surface area (TPSA) is 160 Å². The molecule has 0 spiro atoms. The van der Waals surface area contributed by atoms with Gasteiger partial charge >= 0.3 is 0 Å². The monoisotopic (exact) mass is 281 g/mol. The summed E-state index contributed by atoms with van der Waals surface area (Å²) in [7, 11) is 0. The molecule has 0 amide bonds. The maximum absolute atomic E-state index is 11.7. The summed E-state index contributed by atoms with van der Waals surface area (Å²) >= 11 is 0. The SMILES string of the molecule is Nc1nc2c([C@@H]3N[C@H](CO)[C@H](O)[C@@H]3O)c[nH]c2c(=O)[nH]1. The standard InChI is InChI=1S/C11H15N5O4/c12-11-15-5-3(1-13-7(5)10(20)16-11)6-9(19)8(18)4(2-17)14-6/h1,4,6,8-9,13-14,17-19H,2H2,(H3,12,15,16,20)/t4-,6+,8+,9-/m1/s1. The minimum absolute atomic E-state index is 0.0323. The van der Waals surface area contributed by atoms with Gasteiger partial charge in [-0.15, -0.1) is 0 Å². The highest BCUT2D eigenvalue weighted by Crippen LogP contribution is 2.30. The Balaban J connectivity index is 2.09. The molecular weight excluding hydrogens is 266 g/mol. The average Bonchev–Trinajstić information content (AvgIpc) is 2.93. The molecule has 108 valence electrons. The zero-order valence-corrected chi connectivity index (χ0v) is 10.4. The molecule has 0 bridgehead atoms. The molecule has 0 aromatic carbocycles. The van der Waals surface area contributed by atoms with Crippen LogP contribution in [0, 0.1) is 0 Å². The van der Waals surface area contributed by atoms with Crippen molar-refractivity contribution < 1.29 is 15.3 Å². The number of aromatic amines is 2. The third-order valence-corrected chi connectivity index (χ3v) is 3.61. The Hall–Kier alpha value is -1.94. The van der Waals surface area contributed by atoms with E-state index < -0.39 is 29.9 Å². The van der Waals surface area contributed by atoms with E-state index in [2.05, 4.69) is 20.3 Å². The van der Waals surface area contributed by atoms with Gasteiger partial charge < -0.3 is 31.4 Å². The molecule has 1 aliphatic heterocycles. The maximum atomic E-state index is 11.7. The van der Waals surface area contributed by atoms with Gasteiger partial charge in [-0.1, -0.05) is 0 Å². The lowest BCUT2D eigenvalue weighted by Crippen LogP contribution is -2.35. The second-order valence-electron chi connectivity index (χ2n) is 4.83. The fraction of sp³-hybridized carbons (Fsp3) is 0.455. The molecule has 20 heavy (non-hydrogen) atoms. The molecular formula is C11H15N5O4. The molecule has 3 heterocycles. The first kappa shape index (κ1) is 13.1. The molecule has 0 unspecified atom stereocenters. The van der Waals surface area contributed by atoms with Crippen LogP contribution in [-0.2, 0) is 0 Å². The van der Waals surface area contributed by atoms with E-state index in [0.717, 1.165) is 0 Å². The molecule has 1 aliphatic rings. The van der Waals surface area contributed by atoms with E-state index in [0.29, 0.717) is 11.1 Å². The average molecular weight is 281 g/mol. The largest absolute Gasteiger partial charge is 0.395 e. The molecule has 9 nitrogen and oxygen atoms in total. The van der Waals surface area contributed by atoms with Gasteiger partial charge in [-0.3, -0.25) is 9.78 Å². The fourth-order valence-electron chi connectivity index (χ4n) is 2.59. The second kappa shape index (κ2) is 4.56. The van der Waals surface area contributed by atoms with Crippen molar-refractivity contribution in [3.05, 3.63) is 22.1 Å². The lowest BCUT2D eigenvalue weighted by molar-refractivity contribution is 0.0196. The Morgan fingerprint density at radius 1 is 1.35 bits per heavy atom. The molecule has 2 aromatic rings. The van der Waals surface area contributed by atoms with E-state index >= 15 is 0 Å². The Morgan fingerprint density at radius 3 is 2.75 bits per heavy atom. The molecule has 3 rings (SSSR count). The number of aliphatic hydroxyl groups is 3.